The van der Waals surface area contributed by atoms with Crippen molar-refractivity contribution in [2.24, 2.45) is 0 Å². The first-order valence-electron chi connectivity index (χ1n) is 8.16. The zero-order valence-electron chi connectivity index (χ0n) is 13.8. The molecular formula is C18H29NOS. The molecule has 0 heterocycles. The molecule has 0 radical (unpaired) electrons. The van der Waals surface area contributed by atoms with Gasteiger partial charge in [-0.25, -0.2) is 0 Å². The van der Waals surface area contributed by atoms with Gasteiger partial charge in [0.25, 0.3) is 0 Å². The van der Waals surface area contributed by atoms with Crippen LogP contribution in [0.5, 0.6) is 0 Å². The molecule has 3 heteroatoms. The number of nitrogens with one attached hydrogen (secondary N) is 1. The van der Waals surface area contributed by atoms with Gasteiger partial charge in [-0.15, -0.1) is 0 Å². The van der Waals surface area contributed by atoms with Gasteiger partial charge in [0, 0.05) is 16.2 Å². The van der Waals surface area contributed by atoms with E-state index in [0.717, 1.165) is 24.3 Å². The van der Waals surface area contributed by atoms with E-state index in [1.54, 1.807) is 0 Å². The van der Waals surface area contributed by atoms with Crippen LogP contribution >= 0.6 is 0 Å². The van der Waals surface area contributed by atoms with E-state index in [0.29, 0.717) is 11.3 Å². The lowest BCUT2D eigenvalue weighted by Gasteiger charge is -2.29. The standard InChI is InChI=1S/C18H29NOS/c1-5-19-15-7-6-8-17(13-15)21(20)16-11-9-14(10-12-16)18(2,3)4/h9-12,15,17,19H,5-8,13H2,1-4H3. The fourth-order valence-electron chi connectivity index (χ4n) is 3.09. The van der Waals surface area contributed by atoms with Crippen LogP contribution < -0.4 is 5.32 Å². The Hall–Kier alpha value is -0.670. The minimum atomic E-state index is -0.869. The molecule has 2 nitrogen and oxygen atoms in total. The zero-order valence-corrected chi connectivity index (χ0v) is 14.6. The van der Waals surface area contributed by atoms with Crippen molar-refractivity contribution in [3.8, 4) is 0 Å². The Morgan fingerprint density at radius 3 is 2.43 bits per heavy atom. The van der Waals surface area contributed by atoms with Gasteiger partial charge in [-0.3, -0.25) is 4.21 Å². The maximum absolute atomic E-state index is 12.8. The quantitative estimate of drug-likeness (QED) is 0.910. The average Bonchev–Trinajstić information content (AvgIpc) is 2.46. The summed E-state index contributed by atoms with van der Waals surface area (Å²) in [5.74, 6) is 0. The molecule has 1 aliphatic rings. The summed E-state index contributed by atoms with van der Waals surface area (Å²) in [7, 11) is -0.869. The van der Waals surface area contributed by atoms with Crippen LogP contribution in [0.15, 0.2) is 29.2 Å². The molecule has 1 aromatic rings. The first-order chi connectivity index (χ1) is 9.91. The Morgan fingerprint density at radius 2 is 1.86 bits per heavy atom. The zero-order chi connectivity index (χ0) is 15.5. The monoisotopic (exact) mass is 307 g/mol. The number of hydrogen-bond donors (Lipinski definition) is 1. The molecule has 0 aliphatic heterocycles. The van der Waals surface area contributed by atoms with Gasteiger partial charge in [0.2, 0.25) is 0 Å². The molecule has 0 spiro atoms. The van der Waals surface area contributed by atoms with Gasteiger partial charge in [0.15, 0.2) is 0 Å². The Kier molecular flexibility index (Phi) is 5.61. The van der Waals surface area contributed by atoms with Crippen LogP contribution in [-0.4, -0.2) is 22.0 Å². The normalized spacial score (nSPS) is 24.8. The Balaban J connectivity index is 2.05. The lowest BCUT2D eigenvalue weighted by Crippen LogP contribution is -2.37. The summed E-state index contributed by atoms with van der Waals surface area (Å²) in [5.41, 5.74) is 1.46. The van der Waals surface area contributed by atoms with E-state index in [-0.39, 0.29) is 5.41 Å². The second-order valence-electron chi connectivity index (χ2n) is 7.12. The minimum Gasteiger partial charge on any atom is -0.314 e. The highest BCUT2D eigenvalue weighted by molar-refractivity contribution is 7.85. The lowest BCUT2D eigenvalue weighted by atomic mass is 9.87. The van der Waals surface area contributed by atoms with Crippen LogP contribution in [0.4, 0.5) is 0 Å². The molecule has 1 saturated carbocycles. The second kappa shape index (κ2) is 7.06. The first-order valence-corrected chi connectivity index (χ1v) is 9.37. The molecule has 2 rings (SSSR count). The summed E-state index contributed by atoms with van der Waals surface area (Å²) in [4.78, 5) is 0.991. The summed E-state index contributed by atoms with van der Waals surface area (Å²) < 4.78 is 12.8. The van der Waals surface area contributed by atoms with E-state index < -0.39 is 10.8 Å². The molecule has 1 N–H and O–H groups in total. The maximum Gasteiger partial charge on any atom is 0.0561 e. The second-order valence-corrected chi connectivity index (χ2v) is 8.85. The SMILES string of the molecule is CCNC1CCCC(S(=O)c2ccc(C(C)(C)C)cc2)C1. The third-order valence-corrected chi connectivity index (χ3v) is 6.14. The summed E-state index contributed by atoms with van der Waals surface area (Å²) in [6.45, 7) is 9.78. The molecule has 3 atom stereocenters. The third-order valence-electron chi connectivity index (χ3n) is 4.37. The van der Waals surface area contributed by atoms with Gasteiger partial charge in [-0.05, 0) is 48.9 Å². The maximum atomic E-state index is 12.8. The third kappa shape index (κ3) is 4.40. The Morgan fingerprint density at radius 1 is 1.19 bits per heavy atom. The Labute approximate surface area is 132 Å². The van der Waals surface area contributed by atoms with Crippen molar-refractivity contribution in [3.63, 3.8) is 0 Å². The van der Waals surface area contributed by atoms with Gasteiger partial charge >= 0.3 is 0 Å². The lowest BCUT2D eigenvalue weighted by molar-refractivity contribution is 0.383. The summed E-state index contributed by atoms with van der Waals surface area (Å²) in [5, 5.41) is 3.82. The molecule has 1 aliphatic carbocycles. The predicted octanol–water partition coefficient (Wildman–Crippen LogP) is 4.01. The van der Waals surface area contributed by atoms with Crippen LogP contribution in [0, 0.1) is 0 Å². The molecule has 0 amide bonds. The van der Waals surface area contributed by atoms with Crippen molar-refractivity contribution in [2.75, 3.05) is 6.54 Å². The molecule has 118 valence electrons. The highest BCUT2D eigenvalue weighted by atomic mass is 32.2. The van der Waals surface area contributed by atoms with Crippen LogP contribution in [-0.2, 0) is 16.2 Å². The van der Waals surface area contributed by atoms with E-state index in [1.165, 1.54) is 18.4 Å². The van der Waals surface area contributed by atoms with E-state index in [2.05, 4.69) is 57.3 Å². The fraction of sp³-hybridized carbons (Fsp3) is 0.667. The van der Waals surface area contributed by atoms with Gasteiger partial charge in [0.05, 0.1) is 10.8 Å². The fourth-order valence-corrected chi connectivity index (χ4v) is 4.67. The van der Waals surface area contributed by atoms with Crippen molar-refractivity contribution in [2.45, 2.75) is 75.0 Å². The average molecular weight is 308 g/mol. The summed E-state index contributed by atoms with van der Waals surface area (Å²) >= 11 is 0. The smallest absolute Gasteiger partial charge is 0.0561 e. The van der Waals surface area contributed by atoms with Crippen molar-refractivity contribution in [1.82, 2.24) is 5.32 Å². The molecule has 3 unspecified atom stereocenters. The molecule has 0 bridgehead atoms. The molecule has 1 aromatic carbocycles. The largest absolute Gasteiger partial charge is 0.314 e. The van der Waals surface area contributed by atoms with Crippen molar-refractivity contribution >= 4 is 10.8 Å². The van der Waals surface area contributed by atoms with E-state index >= 15 is 0 Å². The van der Waals surface area contributed by atoms with Crippen LogP contribution in [0.25, 0.3) is 0 Å². The minimum absolute atomic E-state index is 0.154. The van der Waals surface area contributed by atoms with Gasteiger partial charge in [-0.2, -0.15) is 0 Å². The molecule has 1 fully saturated rings. The van der Waals surface area contributed by atoms with Gasteiger partial charge in [0.1, 0.15) is 0 Å². The molecule has 0 aromatic heterocycles. The molecule has 0 saturated heterocycles. The first kappa shape index (κ1) is 16.7. The van der Waals surface area contributed by atoms with E-state index in [9.17, 15) is 4.21 Å². The van der Waals surface area contributed by atoms with Gasteiger partial charge < -0.3 is 5.32 Å². The van der Waals surface area contributed by atoms with Crippen LogP contribution in [0.3, 0.4) is 0 Å². The highest BCUT2D eigenvalue weighted by Gasteiger charge is 2.26. The van der Waals surface area contributed by atoms with Crippen LogP contribution in [0.2, 0.25) is 0 Å². The number of hydrogen-bond acceptors (Lipinski definition) is 2. The Bertz CT molecular complexity index is 473. The molecular weight excluding hydrogens is 278 g/mol. The summed E-state index contributed by atoms with van der Waals surface area (Å²) in [6.07, 6.45) is 4.55. The topological polar surface area (TPSA) is 29.1 Å². The van der Waals surface area contributed by atoms with Crippen molar-refractivity contribution in [1.29, 1.82) is 0 Å². The molecule has 21 heavy (non-hydrogen) atoms. The number of rotatable bonds is 4. The van der Waals surface area contributed by atoms with E-state index in [1.807, 2.05) is 0 Å². The summed E-state index contributed by atoms with van der Waals surface area (Å²) in [6, 6.07) is 8.95. The van der Waals surface area contributed by atoms with Crippen LogP contribution in [0.1, 0.15) is 58.9 Å². The van der Waals surface area contributed by atoms with E-state index in [4.69, 9.17) is 0 Å². The van der Waals surface area contributed by atoms with Crippen molar-refractivity contribution < 1.29 is 4.21 Å². The van der Waals surface area contributed by atoms with Crippen molar-refractivity contribution in [3.05, 3.63) is 29.8 Å². The number of benzene rings is 1. The highest BCUT2D eigenvalue weighted by Crippen LogP contribution is 2.28. The van der Waals surface area contributed by atoms with Gasteiger partial charge in [-0.1, -0.05) is 46.2 Å². The predicted molar refractivity (Wildman–Crippen MR) is 91.3 cm³/mol.